The molecule has 5 nitrogen and oxygen atoms in total. The van der Waals surface area contributed by atoms with E-state index in [1.165, 1.54) is 0 Å². The molecule has 1 aliphatic rings. The molecule has 2 rings (SSSR count). The number of carbonyl (C=O) groups excluding carboxylic acids is 1. The lowest BCUT2D eigenvalue weighted by Gasteiger charge is -2.26. The Bertz CT molecular complexity index is 608. The van der Waals surface area contributed by atoms with Crippen LogP contribution in [0.1, 0.15) is 32.3 Å². The van der Waals surface area contributed by atoms with Crippen LogP contribution in [0, 0.1) is 5.92 Å². The van der Waals surface area contributed by atoms with Crippen molar-refractivity contribution in [2.75, 3.05) is 18.8 Å². The molecule has 0 unspecified atom stereocenters. The second-order valence-corrected chi connectivity index (χ2v) is 8.30. The quantitative estimate of drug-likeness (QED) is 0.824. The molecule has 1 amide bonds. The third-order valence-electron chi connectivity index (χ3n) is 4.16. The molecule has 1 atom stereocenters. The first-order valence-electron chi connectivity index (χ1n) is 8.22. The average Bonchev–Trinajstić information content (AvgIpc) is 3.05. The molecule has 0 radical (unpaired) electrons. The number of benzene rings is 1. The molecule has 1 aromatic rings. The summed E-state index contributed by atoms with van der Waals surface area (Å²) in [6, 6.07) is 8.83. The number of hydrogen-bond donors (Lipinski definition) is 1. The Morgan fingerprint density at radius 3 is 2.35 bits per heavy atom. The number of sulfonamides is 1. The summed E-state index contributed by atoms with van der Waals surface area (Å²) in [7, 11) is -3.50. The molecule has 128 valence electrons. The maximum atomic E-state index is 12.5. The molecule has 0 aliphatic carbocycles. The van der Waals surface area contributed by atoms with Crippen LogP contribution in [0.5, 0.6) is 0 Å². The molecule has 0 spiro atoms. The third kappa shape index (κ3) is 5.32. The fraction of sp³-hybridized carbons (Fsp3) is 0.588. The Morgan fingerprint density at radius 1 is 1.17 bits per heavy atom. The van der Waals surface area contributed by atoms with Gasteiger partial charge < -0.3 is 4.90 Å². The van der Waals surface area contributed by atoms with Crippen molar-refractivity contribution in [1.29, 1.82) is 0 Å². The van der Waals surface area contributed by atoms with E-state index in [4.69, 9.17) is 0 Å². The largest absolute Gasteiger partial charge is 0.341 e. The highest BCUT2D eigenvalue weighted by Crippen LogP contribution is 2.14. The molecule has 1 N–H and O–H groups in total. The van der Waals surface area contributed by atoms with Crippen molar-refractivity contribution < 1.29 is 13.2 Å². The van der Waals surface area contributed by atoms with Gasteiger partial charge in [-0.2, -0.15) is 0 Å². The normalized spacial score (nSPS) is 16.7. The minimum Gasteiger partial charge on any atom is -0.341 e. The van der Waals surface area contributed by atoms with Crippen molar-refractivity contribution >= 4 is 15.9 Å². The first kappa shape index (κ1) is 17.9. The number of nitrogens with one attached hydrogen (secondary N) is 1. The summed E-state index contributed by atoms with van der Waals surface area (Å²) >= 11 is 0. The van der Waals surface area contributed by atoms with Crippen LogP contribution in [0.15, 0.2) is 30.3 Å². The van der Waals surface area contributed by atoms with Gasteiger partial charge in [-0.3, -0.25) is 4.79 Å². The highest BCUT2D eigenvalue weighted by atomic mass is 32.2. The van der Waals surface area contributed by atoms with Gasteiger partial charge in [0.1, 0.15) is 6.04 Å². The standard InChI is InChI=1S/C17H26N2O3S/c1-14(2)16(17(20)19-11-6-7-12-19)18-23(21,22)13-10-15-8-4-3-5-9-15/h3-5,8-9,14,16,18H,6-7,10-13H2,1-2H3/t16-/m1/s1. The summed E-state index contributed by atoms with van der Waals surface area (Å²) in [6.07, 6.45) is 2.44. The fourth-order valence-electron chi connectivity index (χ4n) is 2.76. The molecular formula is C17H26N2O3S. The second kappa shape index (κ2) is 7.93. The fourth-order valence-corrected chi connectivity index (χ4v) is 4.14. The van der Waals surface area contributed by atoms with Crippen LogP contribution in [-0.4, -0.2) is 44.1 Å². The smallest absolute Gasteiger partial charge is 0.241 e. The molecule has 0 aromatic heterocycles. The predicted octanol–water partition coefficient (Wildman–Crippen LogP) is 1.80. The maximum Gasteiger partial charge on any atom is 0.241 e. The molecule has 1 heterocycles. The molecular weight excluding hydrogens is 312 g/mol. The van der Waals surface area contributed by atoms with Gasteiger partial charge in [-0.25, -0.2) is 13.1 Å². The minimum absolute atomic E-state index is 0.00644. The minimum atomic E-state index is -3.50. The van der Waals surface area contributed by atoms with Crippen molar-refractivity contribution in [1.82, 2.24) is 9.62 Å². The van der Waals surface area contributed by atoms with Gasteiger partial charge in [-0.1, -0.05) is 44.2 Å². The van der Waals surface area contributed by atoms with Crippen LogP contribution in [0.4, 0.5) is 0 Å². The summed E-state index contributed by atoms with van der Waals surface area (Å²) in [5.41, 5.74) is 0.977. The van der Waals surface area contributed by atoms with Gasteiger partial charge in [-0.15, -0.1) is 0 Å². The summed E-state index contributed by atoms with van der Waals surface area (Å²) < 4.78 is 27.3. The number of nitrogens with zero attached hydrogens (tertiary/aromatic N) is 1. The zero-order chi connectivity index (χ0) is 16.9. The topological polar surface area (TPSA) is 66.5 Å². The van der Waals surface area contributed by atoms with Crippen LogP contribution in [0.2, 0.25) is 0 Å². The van der Waals surface area contributed by atoms with Gasteiger partial charge in [0, 0.05) is 13.1 Å². The van der Waals surface area contributed by atoms with E-state index >= 15 is 0 Å². The first-order valence-corrected chi connectivity index (χ1v) is 9.87. The van der Waals surface area contributed by atoms with E-state index in [1.54, 1.807) is 4.90 Å². The monoisotopic (exact) mass is 338 g/mol. The van der Waals surface area contributed by atoms with E-state index < -0.39 is 16.1 Å². The van der Waals surface area contributed by atoms with Crippen LogP contribution in [-0.2, 0) is 21.2 Å². The summed E-state index contributed by atoms with van der Waals surface area (Å²) in [4.78, 5) is 14.3. The van der Waals surface area contributed by atoms with Gasteiger partial charge in [0.15, 0.2) is 0 Å². The molecule has 23 heavy (non-hydrogen) atoms. The van der Waals surface area contributed by atoms with Crippen molar-refractivity contribution in [3.05, 3.63) is 35.9 Å². The molecule has 1 fully saturated rings. The predicted molar refractivity (Wildman–Crippen MR) is 91.5 cm³/mol. The van der Waals surface area contributed by atoms with Crippen LogP contribution >= 0.6 is 0 Å². The highest BCUT2D eigenvalue weighted by molar-refractivity contribution is 7.89. The zero-order valence-electron chi connectivity index (χ0n) is 13.9. The average molecular weight is 338 g/mol. The van der Waals surface area contributed by atoms with Crippen LogP contribution in [0.3, 0.4) is 0 Å². The molecule has 1 aromatic carbocycles. The van der Waals surface area contributed by atoms with Crippen molar-refractivity contribution in [2.45, 2.75) is 39.2 Å². The Hall–Kier alpha value is -1.40. The maximum absolute atomic E-state index is 12.5. The number of likely N-dealkylation sites (tertiary alicyclic amines) is 1. The summed E-state index contributed by atoms with van der Waals surface area (Å²) in [5, 5.41) is 0. The van der Waals surface area contributed by atoms with Crippen molar-refractivity contribution in [2.24, 2.45) is 5.92 Å². The van der Waals surface area contributed by atoms with Gasteiger partial charge >= 0.3 is 0 Å². The van der Waals surface area contributed by atoms with Crippen molar-refractivity contribution in [3.63, 3.8) is 0 Å². The first-order chi connectivity index (χ1) is 10.9. The Morgan fingerprint density at radius 2 is 1.78 bits per heavy atom. The Labute approximate surface area is 139 Å². The van der Waals surface area contributed by atoms with Gasteiger partial charge in [0.25, 0.3) is 0 Å². The summed E-state index contributed by atoms with van der Waals surface area (Å²) in [5.74, 6) is -0.177. The van der Waals surface area contributed by atoms with E-state index in [-0.39, 0.29) is 17.6 Å². The van der Waals surface area contributed by atoms with Crippen LogP contribution in [0.25, 0.3) is 0 Å². The van der Waals surface area contributed by atoms with Gasteiger partial charge in [0.05, 0.1) is 5.75 Å². The third-order valence-corrected chi connectivity index (χ3v) is 5.51. The Balaban J connectivity index is 1.98. The summed E-state index contributed by atoms with van der Waals surface area (Å²) in [6.45, 7) is 5.21. The van der Waals surface area contributed by atoms with E-state index in [1.807, 2.05) is 44.2 Å². The zero-order valence-corrected chi connectivity index (χ0v) is 14.7. The number of carbonyl (C=O) groups is 1. The highest BCUT2D eigenvalue weighted by Gasteiger charge is 2.31. The van der Waals surface area contributed by atoms with E-state index in [2.05, 4.69) is 4.72 Å². The number of rotatable bonds is 7. The molecule has 6 heteroatoms. The number of amides is 1. The molecule has 0 bridgehead atoms. The lowest BCUT2D eigenvalue weighted by Crippen LogP contribution is -2.51. The lowest BCUT2D eigenvalue weighted by molar-refractivity contribution is -0.132. The number of aryl methyl sites for hydroxylation is 1. The molecule has 0 saturated carbocycles. The number of hydrogen-bond acceptors (Lipinski definition) is 3. The second-order valence-electron chi connectivity index (χ2n) is 6.43. The Kier molecular flexibility index (Phi) is 6.18. The van der Waals surface area contributed by atoms with E-state index in [0.717, 1.165) is 31.5 Å². The van der Waals surface area contributed by atoms with Gasteiger partial charge in [-0.05, 0) is 30.7 Å². The van der Waals surface area contributed by atoms with Crippen molar-refractivity contribution in [3.8, 4) is 0 Å². The SMILES string of the molecule is CC(C)[C@@H](NS(=O)(=O)CCc1ccccc1)C(=O)N1CCCC1. The van der Waals surface area contributed by atoms with E-state index in [9.17, 15) is 13.2 Å². The lowest BCUT2D eigenvalue weighted by atomic mass is 10.0. The van der Waals surface area contributed by atoms with E-state index in [0.29, 0.717) is 6.42 Å². The molecule has 1 saturated heterocycles. The van der Waals surface area contributed by atoms with Crippen LogP contribution < -0.4 is 4.72 Å². The molecule has 1 aliphatic heterocycles. The van der Waals surface area contributed by atoms with Gasteiger partial charge in [0.2, 0.25) is 15.9 Å².